The van der Waals surface area contributed by atoms with Crippen molar-refractivity contribution in [2.24, 2.45) is 5.10 Å². The van der Waals surface area contributed by atoms with Crippen molar-refractivity contribution in [2.75, 3.05) is 18.0 Å². The number of rotatable bonds is 4. The number of amides is 3. The van der Waals surface area contributed by atoms with E-state index in [9.17, 15) is 9.59 Å². The highest BCUT2D eigenvalue weighted by Gasteiger charge is 2.26. The van der Waals surface area contributed by atoms with Crippen LogP contribution >= 0.6 is 23.2 Å². The molecule has 4 aromatic carbocycles. The van der Waals surface area contributed by atoms with Gasteiger partial charge in [-0.15, -0.1) is 4.57 Å². The number of para-hydroxylation sites is 1. The molecule has 3 amide bonds. The molecular weight excluding hydrogens is 625 g/mol. The van der Waals surface area contributed by atoms with Crippen molar-refractivity contribution in [3.63, 3.8) is 0 Å². The zero-order chi connectivity index (χ0) is 32.5. The summed E-state index contributed by atoms with van der Waals surface area (Å²) in [7, 11) is 0. The number of halogens is 2. The first kappa shape index (κ1) is 30.6. The number of imide groups is 1. The Labute approximate surface area is 273 Å². The molecule has 0 aliphatic carbocycles. The van der Waals surface area contributed by atoms with Crippen molar-refractivity contribution in [1.29, 1.82) is 0 Å². The highest BCUT2D eigenvalue weighted by molar-refractivity contribution is 6.42. The maximum absolute atomic E-state index is 11.3. The quantitative estimate of drug-likeness (QED) is 0.0645. The Morgan fingerprint density at radius 1 is 0.870 bits per heavy atom. The fourth-order valence-electron chi connectivity index (χ4n) is 4.92. The van der Waals surface area contributed by atoms with Crippen molar-refractivity contribution < 1.29 is 18.6 Å². The molecule has 1 aliphatic rings. The molecule has 1 fully saturated rings. The minimum absolute atomic E-state index is 0.101. The first-order valence-corrected chi connectivity index (χ1v) is 14.9. The molecule has 12 heteroatoms. The Morgan fingerprint density at radius 3 is 2.11 bits per heavy atom. The van der Waals surface area contributed by atoms with Crippen LogP contribution in [0.5, 0.6) is 0 Å². The SMILES string of the molecule is Cc1cc2nc3cc(C)c(N)cc3[n+](-c3ccccc3)c2cc1N.O=C1CN(N=Cc2ccc(-c3ccc(Cl)c(Cl)c3)o2)C(=O)N1. The first-order valence-electron chi connectivity index (χ1n) is 14.1. The van der Waals surface area contributed by atoms with Crippen molar-refractivity contribution in [3.05, 3.63) is 112 Å². The number of nitrogens with two attached hydrogens (primary N) is 2. The van der Waals surface area contributed by atoms with Gasteiger partial charge >= 0.3 is 6.03 Å². The van der Waals surface area contributed by atoms with Crippen LogP contribution in [-0.4, -0.2) is 34.7 Å². The van der Waals surface area contributed by atoms with Crippen molar-refractivity contribution in [2.45, 2.75) is 13.8 Å². The van der Waals surface area contributed by atoms with Gasteiger partial charge in [-0.2, -0.15) is 5.10 Å². The predicted molar refractivity (Wildman–Crippen MR) is 181 cm³/mol. The van der Waals surface area contributed by atoms with Crippen LogP contribution in [0.4, 0.5) is 16.2 Å². The van der Waals surface area contributed by atoms with Gasteiger partial charge in [0.1, 0.15) is 29.1 Å². The maximum Gasteiger partial charge on any atom is 0.344 e. The van der Waals surface area contributed by atoms with Crippen molar-refractivity contribution >= 4 is 74.8 Å². The lowest BCUT2D eigenvalue weighted by Gasteiger charge is -2.09. The lowest BCUT2D eigenvalue weighted by Crippen LogP contribution is -2.33. The van der Waals surface area contributed by atoms with Crippen LogP contribution in [0, 0.1) is 13.8 Å². The Bertz CT molecular complexity index is 2120. The smallest absolute Gasteiger partial charge is 0.344 e. The number of urea groups is 1. The van der Waals surface area contributed by atoms with E-state index < -0.39 is 11.9 Å². The number of anilines is 2. The maximum atomic E-state index is 11.3. The molecule has 230 valence electrons. The van der Waals surface area contributed by atoms with E-state index in [1.54, 1.807) is 30.3 Å². The average molecular weight is 654 g/mol. The molecule has 0 atom stereocenters. The molecule has 5 N–H and O–H groups in total. The van der Waals surface area contributed by atoms with E-state index in [2.05, 4.69) is 27.1 Å². The van der Waals surface area contributed by atoms with Gasteiger partial charge in [0.15, 0.2) is 0 Å². The van der Waals surface area contributed by atoms with Crippen LogP contribution in [0.2, 0.25) is 10.0 Å². The monoisotopic (exact) mass is 652 g/mol. The standard InChI is InChI=1S/C20H18N4.C14H9Cl2N3O3/c1-12-8-17-19(10-15(12)21)24(14-6-4-3-5-7-14)20-11-16(22)13(2)9-18(20)23-17;15-10-3-1-8(5-11(10)16)12-4-2-9(22-12)6-17-19-7-13(20)18-14(19)21/h3-11H,1-2H3,(H3,21,22);1-6H,7H2,(H,18,20,21)/p+1. The third kappa shape index (κ3) is 6.21. The van der Waals surface area contributed by atoms with E-state index in [0.29, 0.717) is 21.6 Å². The number of benzene rings is 4. The third-order valence-corrected chi connectivity index (χ3v) is 8.13. The third-order valence-electron chi connectivity index (χ3n) is 7.39. The number of aromatic nitrogens is 2. The molecule has 46 heavy (non-hydrogen) atoms. The fraction of sp³-hybridized carbons (Fsp3) is 0.0882. The largest absolute Gasteiger partial charge is 0.455 e. The fourth-order valence-corrected chi connectivity index (χ4v) is 5.22. The van der Waals surface area contributed by atoms with Gasteiger partial charge in [0.25, 0.3) is 0 Å². The molecular formula is C34H28Cl2N7O3+. The van der Waals surface area contributed by atoms with E-state index in [4.69, 9.17) is 44.1 Å². The van der Waals surface area contributed by atoms with Gasteiger partial charge in [-0.05, 0) is 67.4 Å². The molecule has 2 aromatic heterocycles. The number of carbonyl (C=O) groups excluding carboxylic acids is 2. The number of furan rings is 1. The van der Waals surface area contributed by atoms with Crippen LogP contribution in [0.15, 0.2) is 94.4 Å². The summed E-state index contributed by atoms with van der Waals surface area (Å²) < 4.78 is 7.76. The molecule has 6 aromatic rings. The predicted octanol–water partition coefficient (Wildman–Crippen LogP) is 6.59. The molecule has 1 saturated heterocycles. The molecule has 1 aliphatic heterocycles. The van der Waals surface area contributed by atoms with Gasteiger partial charge in [0.05, 0.1) is 16.3 Å². The molecule has 7 rings (SSSR count). The molecule has 10 nitrogen and oxygen atoms in total. The average Bonchev–Trinajstić information content (AvgIpc) is 3.64. The normalized spacial score (nSPS) is 13.0. The van der Waals surface area contributed by atoms with E-state index in [1.807, 2.05) is 56.3 Å². The second-order valence-electron chi connectivity index (χ2n) is 10.7. The highest BCUT2D eigenvalue weighted by atomic mass is 35.5. The zero-order valence-electron chi connectivity index (χ0n) is 24.8. The van der Waals surface area contributed by atoms with Gasteiger partial charge in [0.2, 0.25) is 22.6 Å². The number of fused-ring (bicyclic) bond motifs is 2. The topological polar surface area (TPSA) is 144 Å². The van der Waals surface area contributed by atoms with Crippen LogP contribution in [-0.2, 0) is 4.79 Å². The van der Waals surface area contributed by atoms with E-state index in [0.717, 1.165) is 60.8 Å². The van der Waals surface area contributed by atoms with Gasteiger partial charge in [-0.25, -0.2) is 14.8 Å². The van der Waals surface area contributed by atoms with E-state index in [-0.39, 0.29) is 6.54 Å². The molecule has 0 bridgehead atoms. The number of hydrazone groups is 1. The number of hydrogen-bond acceptors (Lipinski definition) is 7. The van der Waals surface area contributed by atoms with E-state index >= 15 is 0 Å². The summed E-state index contributed by atoms with van der Waals surface area (Å²) in [5.74, 6) is 0.633. The number of nitrogens with one attached hydrogen (secondary N) is 1. The summed E-state index contributed by atoms with van der Waals surface area (Å²) in [6.07, 6.45) is 1.36. The molecule has 0 saturated carbocycles. The van der Waals surface area contributed by atoms with Gasteiger partial charge in [0, 0.05) is 41.2 Å². The highest BCUT2D eigenvalue weighted by Crippen LogP contribution is 2.29. The molecule has 0 spiro atoms. The number of nitrogen functional groups attached to an aromatic ring is 2. The summed E-state index contributed by atoms with van der Waals surface area (Å²) >= 11 is 11.8. The van der Waals surface area contributed by atoms with Crippen LogP contribution < -0.4 is 21.4 Å². The van der Waals surface area contributed by atoms with Gasteiger partial charge < -0.3 is 15.9 Å². The minimum Gasteiger partial charge on any atom is -0.455 e. The van der Waals surface area contributed by atoms with Crippen molar-refractivity contribution in [1.82, 2.24) is 15.3 Å². The first-order chi connectivity index (χ1) is 22.1. The second kappa shape index (κ2) is 12.5. The lowest BCUT2D eigenvalue weighted by molar-refractivity contribution is -0.538. The Balaban J connectivity index is 0.000000162. The number of nitrogens with zero attached hydrogens (tertiary/aromatic N) is 4. The Morgan fingerprint density at radius 2 is 1.52 bits per heavy atom. The number of hydrogen-bond donors (Lipinski definition) is 3. The summed E-state index contributed by atoms with van der Waals surface area (Å²) in [6, 6.07) is 26.3. The second-order valence-corrected chi connectivity index (χ2v) is 11.5. The Hall–Kier alpha value is -5.45. The van der Waals surface area contributed by atoms with Crippen molar-refractivity contribution in [3.8, 4) is 17.0 Å². The minimum atomic E-state index is -0.558. The molecule has 0 unspecified atom stereocenters. The van der Waals surface area contributed by atoms with Gasteiger partial charge in [-0.3, -0.25) is 10.1 Å². The molecule has 3 heterocycles. The summed E-state index contributed by atoms with van der Waals surface area (Å²) in [5, 5.41) is 7.93. The summed E-state index contributed by atoms with van der Waals surface area (Å²) in [5.41, 5.74) is 21.5. The van der Waals surface area contributed by atoms with Crippen LogP contribution in [0.1, 0.15) is 16.9 Å². The lowest BCUT2D eigenvalue weighted by atomic mass is 10.1. The Kier molecular flexibility index (Phi) is 8.31. The number of aryl methyl sites for hydroxylation is 2. The van der Waals surface area contributed by atoms with Gasteiger partial charge in [-0.1, -0.05) is 41.4 Å². The summed E-state index contributed by atoms with van der Waals surface area (Å²) in [6.45, 7) is 3.90. The zero-order valence-corrected chi connectivity index (χ0v) is 26.3. The van der Waals surface area contributed by atoms with Crippen LogP contribution in [0.25, 0.3) is 39.1 Å². The van der Waals surface area contributed by atoms with Crippen LogP contribution in [0.3, 0.4) is 0 Å². The number of carbonyl (C=O) groups is 2. The summed E-state index contributed by atoms with van der Waals surface area (Å²) in [4.78, 5) is 27.2. The van der Waals surface area contributed by atoms with E-state index in [1.165, 1.54) is 6.21 Å². The molecule has 0 radical (unpaired) electrons.